The Labute approximate surface area is 130 Å². The highest BCUT2D eigenvalue weighted by Crippen LogP contribution is 2.23. The van der Waals surface area contributed by atoms with Gasteiger partial charge in [0, 0.05) is 6.04 Å². The van der Waals surface area contributed by atoms with Crippen LogP contribution < -0.4 is 5.73 Å². The number of likely N-dealkylation sites (tertiary alicyclic amines) is 1. The van der Waals surface area contributed by atoms with E-state index in [1.807, 2.05) is 0 Å². The SMILES string of the molecule is CC(C)(C)C(N)CCN1CCC(Cc2ccccc2)CC1. The van der Waals surface area contributed by atoms with Gasteiger partial charge in [0.2, 0.25) is 0 Å². The molecule has 1 aromatic rings. The van der Waals surface area contributed by atoms with Gasteiger partial charge in [-0.25, -0.2) is 0 Å². The number of piperidine rings is 1. The zero-order valence-electron chi connectivity index (χ0n) is 14.0. The summed E-state index contributed by atoms with van der Waals surface area (Å²) in [6.45, 7) is 10.4. The van der Waals surface area contributed by atoms with Crippen LogP contribution in [0.25, 0.3) is 0 Å². The lowest BCUT2D eigenvalue weighted by atomic mass is 9.85. The smallest absolute Gasteiger partial charge is 0.00998 e. The first-order valence-corrected chi connectivity index (χ1v) is 8.47. The molecule has 1 aliphatic rings. The van der Waals surface area contributed by atoms with Crippen molar-refractivity contribution in [2.45, 2.75) is 52.5 Å². The average Bonchev–Trinajstić information content (AvgIpc) is 2.46. The maximum atomic E-state index is 6.27. The third-order valence-electron chi connectivity index (χ3n) is 4.94. The molecule has 1 aliphatic heterocycles. The van der Waals surface area contributed by atoms with Crippen LogP contribution in [0.3, 0.4) is 0 Å². The molecule has 2 nitrogen and oxygen atoms in total. The summed E-state index contributed by atoms with van der Waals surface area (Å²) in [5, 5.41) is 0. The van der Waals surface area contributed by atoms with Gasteiger partial charge in [0.15, 0.2) is 0 Å². The molecule has 21 heavy (non-hydrogen) atoms. The van der Waals surface area contributed by atoms with Crippen LogP contribution in [0.2, 0.25) is 0 Å². The standard InChI is InChI=1S/C19H32N2/c1-19(2,3)18(20)11-14-21-12-9-17(10-13-21)15-16-7-5-4-6-8-16/h4-8,17-18H,9-15,20H2,1-3H3. The van der Waals surface area contributed by atoms with Crippen molar-refractivity contribution in [2.75, 3.05) is 19.6 Å². The minimum Gasteiger partial charge on any atom is -0.327 e. The maximum Gasteiger partial charge on any atom is 0.00998 e. The van der Waals surface area contributed by atoms with E-state index >= 15 is 0 Å². The molecular weight excluding hydrogens is 256 g/mol. The molecule has 0 saturated carbocycles. The summed E-state index contributed by atoms with van der Waals surface area (Å²) in [5.74, 6) is 0.861. The van der Waals surface area contributed by atoms with E-state index in [0.29, 0.717) is 6.04 Å². The Bertz CT molecular complexity index is 399. The van der Waals surface area contributed by atoms with E-state index in [0.717, 1.165) is 18.9 Å². The predicted molar refractivity (Wildman–Crippen MR) is 91.4 cm³/mol. The van der Waals surface area contributed by atoms with E-state index in [4.69, 9.17) is 5.73 Å². The Morgan fingerprint density at radius 1 is 1.14 bits per heavy atom. The highest BCUT2D eigenvalue weighted by Gasteiger charge is 2.23. The summed E-state index contributed by atoms with van der Waals surface area (Å²) in [6.07, 6.45) is 5.03. The lowest BCUT2D eigenvalue weighted by molar-refractivity contribution is 0.167. The molecule has 0 radical (unpaired) electrons. The molecule has 1 unspecified atom stereocenters. The zero-order valence-corrected chi connectivity index (χ0v) is 14.0. The molecular formula is C19H32N2. The highest BCUT2D eigenvalue weighted by molar-refractivity contribution is 5.15. The van der Waals surface area contributed by atoms with E-state index in [2.05, 4.69) is 56.0 Å². The molecule has 0 spiro atoms. The van der Waals surface area contributed by atoms with Gasteiger partial charge in [0.1, 0.15) is 0 Å². The Hall–Kier alpha value is -0.860. The van der Waals surface area contributed by atoms with Gasteiger partial charge >= 0.3 is 0 Å². The van der Waals surface area contributed by atoms with Crippen molar-refractivity contribution in [2.24, 2.45) is 17.1 Å². The van der Waals surface area contributed by atoms with Crippen molar-refractivity contribution in [1.29, 1.82) is 0 Å². The van der Waals surface area contributed by atoms with Crippen molar-refractivity contribution in [3.8, 4) is 0 Å². The molecule has 2 N–H and O–H groups in total. The molecule has 1 aromatic carbocycles. The Kier molecular flexibility index (Phi) is 5.83. The Balaban J connectivity index is 1.69. The molecule has 1 saturated heterocycles. The van der Waals surface area contributed by atoms with E-state index < -0.39 is 0 Å². The van der Waals surface area contributed by atoms with Crippen LogP contribution in [0.1, 0.15) is 45.6 Å². The molecule has 0 aliphatic carbocycles. The van der Waals surface area contributed by atoms with Gasteiger partial charge in [-0.05, 0) is 62.2 Å². The summed E-state index contributed by atoms with van der Waals surface area (Å²) < 4.78 is 0. The third kappa shape index (κ3) is 5.44. The number of nitrogens with two attached hydrogens (primary N) is 1. The van der Waals surface area contributed by atoms with Crippen molar-refractivity contribution >= 4 is 0 Å². The predicted octanol–water partition coefficient (Wildman–Crippen LogP) is 3.70. The molecule has 1 heterocycles. The van der Waals surface area contributed by atoms with Gasteiger partial charge in [-0.1, -0.05) is 51.1 Å². The van der Waals surface area contributed by atoms with Crippen molar-refractivity contribution < 1.29 is 0 Å². The monoisotopic (exact) mass is 288 g/mol. The minimum absolute atomic E-state index is 0.228. The molecule has 0 aromatic heterocycles. The second-order valence-corrected chi connectivity index (χ2v) is 7.74. The van der Waals surface area contributed by atoms with Gasteiger partial charge in [0.25, 0.3) is 0 Å². The Morgan fingerprint density at radius 3 is 2.33 bits per heavy atom. The number of nitrogens with zero attached hydrogens (tertiary/aromatic N) is 1. The summed E-state index contributed by atoms with van der Waals surface area (Å²) >= 11 is 0. The fourth-order valence-electron chi connectivity index (χ4n) is 3.12. The molecule has 118 valence electrons. The van der Waals surface area contributed by atoms with Gasteiger partial charge in [-0.3, -0.25) is 0 Å². The summed E-state index contributed by atoms with van der Waals surface area (Å²) in [4.78, 5) is 2.60. The third-order valence-corrected chi connectivity index (χ3v) is 4.94. The normalized spacial score (nSPS) is 19.6. The first-order valence-electron chi connectivity index (χ1n) is 8.47. The lowest BCUT2D eigenvalue weighted by Gasteiger charge is -2.34. The van der Waals surface area contributed by atoms with Gasteiger partial charge in [0.05, 0.1) is 0 Å². The zero-order chi connectivity index (χ0) is 15.3. The van der Waals surface area contributed by atoms with Crippen LogP contribution in [0, 0.1) is 11.3 Å². The van der Waals surface area contributed by atoms with Crippen LogP contribution in [0.4, 0.5) is 0 Å². The number of hydrogen-bond donors (Lipinski definition) is 1. The van der Waals surface area contributed by atoms with Crippen LogP contribution in [-0.2, 0) is 6.42 Å². The number of benzene rings is 1. The fraction of sp³-hybridized carbons (Fsp3) is 0.684. The van der Waals surface area contributed by atoms with Crippen molar-refractivity contribution in [3.05, 3.63) is 35.9 Å². The minimum atomic E-state index is 0.228. The van der Waals surface area contributed by atoms with Gasteiger partial charge < -0.3 is 10.6 Å². The van der Waals surface area contributed by atoms with Crippen LogP contribution in [-0.4, -0.2) is 30.6 Å². The molecule has 2 rings (SSSR count). The fourth-order valence-corrected chi connectivity index (χ4v) is 3.12. The lowest BCUT2D eigenvalue weighted by Crippen LogP contribution is -2.41. The first-order chi connectivity index (χ1) is 9.95. The van der Waals surface area contributed by atoms with E-state index in [-0.39, 0.29) is 5.41 Å². The molecule has 1 atom stereocenters. The maximum absolute atomic E-state index is 6.27. The van der Waals surface area contributed by atoms with E-state index in [1.54, 1.807) is 0 Å². The van der Waals surface area contributed by atoms with Crippen LogP contribution in [0.5, 0.6) is 0 Å². The summed E-state index contributed by atoms with van der Waals surface area (Å²) in [5.41, 5.74) is 7.99. The quantitative estimate of drug-likeness (QED) is 0.895. The summed E-state index contributed by atoms with van der Waals surface area (Å²) in [7, 11) is 0. The topological polar surface area (TPSA) is 29.3 Å². The van der Waals surface area contributed by atoms with E-state index in [1.165, 1.54) is 37.9 Å². The molecule has 2 heteroatoms. The van der Waals surface area contributed by atoms with Gasteiger partial charge in [-0.2, -0.15) is 0 Å². The second-order valence-electron chi connectivity index (χ2n) is 7.74. The average molecular weight is 288 g/mol. The number of hydrogen-bond acceptors (Lipinski definition) is 2. The van der Waals surface area contributed by atoms with E-state index in [9.17, 15) is 0 Å². The molecule has 0 bridgehead atoms. The highest BCUT2D eigenvalue weighted by atomic mass is 15.1. The molecule has 1 fully saturated rings. The van der Waals surface area contributed by atoms with Crippen LogP contribution in [0.15, 0.2) is 30.3 Å². The molecule has 0 amide bonds. The summed E-state index contributed by atoms with van der Waals surface area (Å²) in [6, 6.07) is 11.2. The Morgan fingerprint density at radius 2 is 1.76 bits per heavy atom. The first kappa shape index (κ1) is 16.5. The van der Waals surface area contributed by atoms with Crippen molar-refractivity contribution in [1.82, 2.24) is 4.90 Å². The van der Waals surface area contributed by atoms with Gasteiger partial charge in [-0.15, -0.1) is 0 Å². The van der Waals surface area contributed by atoms with Crippen molar-refractivity contribution in [3.63, 3.8) is 0 Å². The largest absolute Gasteiger partial charge is 0.327 e. The number of rotatable bonds is 5. The van der Waals surface area contributed by atoms with Crippen LogP contribution >= 0.6 is 0 Å². The second kappa shape index (κ2) is 7.42.